The fourth-order valence-corrected chi connectivity index (χ4v) is 4.73. The summed E-state index contributed by atoms with van der Waals surface area (Å²) >= 11 is 0. The predicted octanol–water partition coefficient (Wildman–Crippen LogP) is 4.69. The lowest BCUT2D eigenvalue weighted by molar-refractivity contribution is 0.586. The maximum atomic E-state index is 14.9. The highest BCUT2D eigenvalue weighted by Crippen LogP contribution is 2.38. The van der Waals surface area contributed by atoms with Crippen LogP contribution < -0.4 is 10.0 Å². The zero-order chi connectivity index (χ0) is 22.2. The molecule has 2 N–H and O–H groups in total. The molecule has 0 bridgehead atoms. The zero-order valence-electron chi connectivity index (χ0n) is 17.0. The molecule has 0 saturated heterocycles. The van der Waals surface area contributed by atoms with E-state index in [1.165, 1.54) is 18.2 Å². The van der Waals surface area contributed by atoms with E-state index >= 15 is 0 Å². The van der Waals surface area contributed by atoms with E-state index in [1.54, 1.807) is 12.1 Å². The van der Waals surface area contributed by atoms with Crippen LogP contribution in [-0.4, -0.2) is 14.4 Å². The molecule has 0 radical (unpaired) electrons. The van der Waals surface area contributed by atoms with Gasteiger partial charge in [0.05, 0.1) is 12.2 Å². The summed E-state index contributed by atoms with van der Waals surface area (Å²) in [5.41, 5.74) is 2.90. The van der Waals surface area contributed by atoms with Gasteiger partial charge in [-0.05, 0) is 42.3 Å². The first-order valence-electron chi connectivity index (χ1n) is 9.72. The van der Waals surface area contributed by atoms with Crippen LogP contribution in [0.1, 0.15) is 35.1 Å². The lowest BCUT2D eigenvalue weighted by Crippen LogP contribution is -2.41. The van der Waals surface area contributed by atoms with E-state index in [1.807, 2.05) is 38.1 Å². The Kier molecular flexibility index (Phi) is 5.49. The number of hydrogen-bond acceptors (Lipinski definition) is 3. The van der Waals surface area contributed by atoms with E-state index in [-0.39, 0.29) is 28.7 Å². The van der Waals surface area contributed by atoms with Crippen LogP contribution in [0.5, 0.6) is 0 Å². The molecule has 5 nitrogen and oxygen atoms in total. The van der Waals surface area contributed by atoms with Crippen molar-refractivity contribution >= 4 is 21.7 Å². The number of nitrogens with one attached hydrogen (secondary N) is 2. The number of benzene rings is 3. The SMILES string of the molecule is Cc1ccc([C@@H](C)c2c(F)ccc3c2NC(=NCc2cccc(F)c2)NS3(=O)=O)cc1. The van der Waals surface area contributed by atoms with E-state index in [9.17, 15) is 17.2 Å². The molecule has 0 amide bonds. The first-order chi connectivity index (χ1) is 14.7. The number of rotatable bonds is 4. The molecule has 1 aliphatic rings. The third kappa shape index (κ3) is 4.29. The largest absolute Gasteiger partial charge is 0.324 e. The minimum absolute atomic E-state index is 0.0419. The van der Waals surface area contributed by atoms with Gasteiger partial charge in [-0.2, -0.15) is 0 Å². The van der Waals surface area contributed by atoms with Crippen molar-refractivity contribution in [2.24, 2.45) is 4.99 Å². The molecule has 3 aromatic rings. The van der Waals surface area contributed by atoms with Crippen molar-refractivity contribution in [3.63, 3.8) is 0 Å². The summed E-state index contributed by atoms with van der Waals surface area (Å²) in [6.45, 7) is 3.83. The summed E-state index contributed by atoms with van der Waals surface area (Å²) in [5, 5.41) is 2.93. The average molecular weight is 442 g/mol. The number of sulfonamides is 1. The highest BCUT2D eigenvalue weighted by Gasteiger charge is 2.32. The average Bonchev–Trinajstić information content (AvgIpc) is 2.72. The Morgan fingerprint density at radius 2 is 1.77 bits per heavy atom. The van der Waals surface area contributed by atoms with Crippen LogP contribution in [0.4, 0.5) is 14.5 Å². The first kappa shape index (κ1) is 21.0. The maximum absolute atomic E-state index is 14.9. The molecule has 1 atom stereocenters. The van der Waals surface area contributed by atoms with Gasteiger partial charge in [-0.15, -0.1) is 0 Å². The Balaban J connectivity index is 1.75. The normalized spacial score (nSPS) is 16.8. The van der Waals surface area contributed by atoms with Crippen LogP contribution in [0.2, 0.25) is 0 Å². The molecule has 0 spiro atoms. The van der Waals surface area contributed by atoms with Crippen LogP contribution in [0.15, 0.2) is 70.6 Å². The van der Waals surface area contributed by atoms with Gasteiger partial charge in [0.25, 0.3) is 10.0 Å². The van der Waals surface area contributed by atoms with Crippen molar-refractivity contribution in [2.75, 3.05) is 5.32 Å². The Morgan fingerprint density at radius 1 is 1.03 bits per heavy atom. The summed E-state index contributed by atoms with van der Waals surface area (Å²) in [7, 11) is -3.95. The van der Waals surface area contributed by atoms with Crippen molar-refractivity contribution in [2.45, 2.75) is 31.2 Å². The maximum Gasteiger partial charge on any atom is 0.266 e. The minimum atomic E-state index is -3.95. The number of guanidine groups is 1. The van der Waals surface area contributed by atoms with E-state index in [0.717, 1.165) is 17.2 Å². The molecule has 1 heterocycles. The van der Waals surface area contributed by atoms with E-state index in [0.29, 0.717) is 5.56 Å². The Bertz CT molecular complexity index is 1270. The van der Waals surface area contributed by atoms with Crippen molar-refractivity contribution in [3.05, 3.63) is 94.6 Å². The van der Waals surface area contributed by atoms with Gasteiger partial charge in [-0.25, -0.2) is 26.9 Å². The van der Waals surface area contributed by atoms with E-state index in [4.69, 9.17) is 0 Å². The van der Waals surface area contributed by atoms with E-state index in [2.05, 4.69) is 15.0 Å². The summed E-state index contributed by atoms with van der Waals surface area (Å²) < 4.78 is 56.3. The second kappa shape index (κ2) is 8.11. The number of anilines is 1. The van der Waals surface area contributed by atoms with Gasteiger partial charge in [0, 0.05) is 11.5 Å². The monoisotopic (exact) mass is 441 g/mol. The number of aliphatic imine (C=N–C) groups is 1. The smallest absolute Gasteiger partial charge is 0.266 e. The van der Waals surface area contributed by atoms with Gasteiger partial charge in [0.2, 0.25) is 5.96 Å². The highest BCUT2D eigenvalue weighted by atomic mass is 32.2. The number of nitrogens with zero attached hydrogens (tertiary/aromatic N) is 1. The zero-order valence-corrected chi connectivity index (χ0v) is 17.8. The van der Waals surface area contributed by atoms with Gasteiger partial charge < -0.3 is 5.32 Å². The second-order valence-electron chi connectivity index (χ2n) is 7.49. The quantitative estimate of drug-likeness (QED) is 0.617. The summed E-state index contributed by atoms with van der Waals surface area (Å²) in [5.74, 6) is -1.36. The lowest BCUT2D eigenvalue weighted by atomic mass is 9.91. The Labute approximate surface area is 179 Å². The third-order valence-corrected chi connectivity index (χ3v) is 6.62. The third-order valence-electron chi connectivity index (χ3n) is 5.24. The first-order valence-corrected chi connectivity index (χ1v) is 11.2. The molecule has 0 aliphatic carbocycles. The van der Waals surface area contributed by atoms with Gasteiger partial charge in [0.1, 0.15) is 16.5 Å². The van der Waals surface area contributed by atoms with Crippen molar-refractivity contribution < 1.29 is 17.2 Å². The molecule has 1 aliphatic heterocycles. The van der Waals surface area contributed by atoms with E-state index < -0.39 is 27.6 Å². The van der Waals surface area contributed by atoms with Crippen LogP contribution in [0.3, 0.4) is 0 Å². The van der Waals surface area contributed by atoms with Crippen LogP contribution in [-0.2, 0) is 16.6 Å². The predicted molar refractivity (Wildman–Crippen MR) is 117 cm³/mol. The molecule has 160 valence electrons. The van der Waals surface area contributed by atoms with Crippen LogP contribution in [0.25, 0.3) is 0 Å². The molecule has 3 aromatic carbocycles. The molecule has 31 heavy (non-hydrogen) atoms. The molecular formula is C23H21F2N3O2S. The number of fused-ring (bicyclic) bond motifs is 1. The Hall–Kier alpha value is -3.26. The van der Waals surface area contributed by atoms with Gasteiger partial charge in [0.15, 0.2) is 0 Å². The molecule has 0 saturated carbocycles. The van der Waals surface area contributed by atoms with Gasteiger partial charge in [-0.3, -0.25) is 0 Å². The van der Waals surface area contributed by atoms with Crippen molar-refractivity contribution in [1.29, 1.82) is 0 Å². The second-order valence-corrected chi connectivity index (χ2v) is 9.14. The molecular weight excluding hydrogens is 420 g/mol. The lowest BCUT2D eigenvalue weighted by Gasteiger charge is -2.26. The number of hydrogen-bond donors (Lipinski definition) is 2. The van der Waals surface area contributed by atoms with Gasteiger partial charge >= 0.3 is 0 Å². The molecule has 0 aromatic heterocycles. The standard InChI is InChI=1S/C23H21F2N3O2S/c1-14-6-8-17(9-7-14)15(2)21-19(25)10-11-20-22(21)27-23(28-31(20,29)30)26-13-16-4-3-5-18(24)12-16/h3-12,15H,13H2,1-2H3,(H2,26,27,28)/t15-/m1/s1. The molecule has 0 unspecified atom stereocenters. The number of halogens is 2. The molecule has 4 rings (SSSR count). The number of aryl methyl sites for hydroxylation is 1. The highest BCUT2D eigenvalue weighted by molar-refractivity contribution is 7.90. The summed E-state index contributed by atoms with van der Waals surface area (Å²) in [4.78, 5) is 4.18. The Morgan fingerprint density at radius 3 is 2.48 bits per heavy atom. The minimum Gasteiger partial charge on any atom is -0.324 e. The van der Waals surface area contributed by atoms with Crippen molar-refractivity contribution in [1.82, 2.24) is 4.72 Å². The summed E-state index contributed by atoms with van der Waals surface area (Å²) in [6.07, 6.45) is 0. The topological polar surface area (TPSA) is 70.6 Å². The summed E-state index contributed by atoms with van der Waals surface area (Å²) in [6, 6.07) is 15.9. The fourth-order valence-electron chi connectivity index (χ4n) is 3.58. The molecule has 0 fully saturated rings. The van der Waals surface area contributed by atoms with Gasteiger partial charge in [-0.1, -0.05) is 48.9 Å². The van der Waals surface area contributed by atoms with Crippen molar-refractivity contribution in [3.8, 4) is 0 Å². The fraction of sp³-hybridized carbons (Fsp3) is 0.174. The van der Waals surface area contributed by atoms with Crippen LogP contribution >= 0.6 is 0 Å². The van der Waals surface area contributed by atoms with Crippen LogP contribution in [0, 0.1) is 18.6 Å². The molecule has 8 heteroatoms.